The molecule has 1 heterocycles. The van der Waals surface area contributed by atoms with Crippen LogP contribution in [0.4, 0.5) is 0 Å². The van der Waals surface area contributed by atoms with Crippen LogP contribution in [0.15, 0.2) is 24.4 Å². The highest BCUT2D eigenvalue weighted by Crippen LogP contribution is 2.22. The van der Waals surface area contributed by atoms with Crippen molar-refractivity contribution < 1.29 is 4.74 Å². The monoisotopic (exact) mass is 190 g/mol. The molecule has 2 rings (SSSR count). The maximum atomic E-state index is 5.69. The number of H-pyrrole nitrogens is 1. The summed E-state index contributed by atoms with van der Waals surface area (Å²) < 4.78 is 5.13. The third kappa shape index (κ3) is 1.41. The number of fused-ring (bicyclic) bond motifs is 1. The van der Waals surface area contributed by atoms with E-state index in [2.05, 4.69) is 11.1 Å². The van der Waals surface area contributed by atoms with Crippen LogP contribution in [0.1, 0.15) is 11.1 Å². The molecule has 14 heavy (non-hydrogen) atoms. The number of aromatic amines is 1. The van der Waals surface area contributed by atoms with Crippen LogP contribution in [0, 0.1) is 0 Å². The first kappa shape index (κ1) is 9.24. The maximum Gasteiger partial charge on any atom is 0.0733 e. The summed E-state index contributed by atoms with van der Waals surface area (Å²) >= 11 is 0. The third-order valence-corrected chi connectivity index (χ3v) is 2.39. The van der Waals surface area contributed by atoms with Crippen molar-refractivity contribution in [2.24, 2.45) is 5.73 Å². The molecule has 0 aliphatic rings. The summed E-state index contributed by atoms with van der Waals surface area (Å²) in [5.74, 6) is 0. The van der Waals surface area contributed by atoms with Crippen molar-refractivity contribution in [3.8, 4) is 0 Å². The minimum Gasteiger partial charge on any atom is -0.380 e. The van der Waals surface area contributed by atoms with Gasteiger partial charge in [-0.15, -0.1) is 0 Å². The van der Waals surface area contributed by atoms with Crippen molar-refractivity contribution in [2.75, 3.05) is 7.11 Å². The fourth-order valence-electron chi connectivity index (χ4n) is 1.78. The van der Waals surface area contributed by atoms with Gasteiger partial charge in [-0.25, -0.2) is 0 Å². The molecule has 3 heteroatoms. The highest BCUT2D eigenvalue weighted by molar-refractivity contribution is 5.86. The van der Waals surface area contributed by atoms with Crippen molar-refractivity contribution in [3.63, 3.8) is 0 Å². The van der Waals surface area contributed by atoms with Gasteiger partial charge < -0.3 is 15.5 Å². The SMILES string of the molecule is COCc1c[nH]c2cccc(CN)c12. The van der Waals surface area contributed by atoms with Gasteiger partial charge in [-0.05, 0) is 11.6 Å². The zero-order chi connectivity index (χ0) is 9.97. The number of methoxy groups -OCH3 is 1. The molecule has 0 saturated carbocycles. The topological polar surface area (TPSA) is 51.0 Å². The number of aromatic nitrogens is 1. The number of nitrogens with one attached hydrogen (secondary N) is 1. The lowest BCUT2D eigenvalue weighted by Gasteiger charge is -2.02. The van der Waals surface area contributed by atoms with Gasteiger partial charge in [0.05, 0.1) is 6.61 Å². The number of benzene rings is 1. The highest BCUT2D eigenvalue weighted by Gasteiger charge is 2.06. The average Bonchev–Trinajstić information content (AvgIpc) is 2.62. The minimum absolute atomic E-state index is 0.561. The van der Waals surface area contributed by atoms with Crippen LogP contribution in [0.5, 0.6) is 0 Å². The molecule has 1 aromatic heterocycles. The van der Waals surface area contributed by atoms with Crippen LogP contribution in [0.3, 0.4) is 0 Å². The lowest BCUT2D eigenvalue weighted by atomic mass is 10.1. The Kier molecular flexibility index (Phi) is 2.52. The molecule has 0 aliphatic heterocycles. The quantitative estimate of drug-likeness (QED) is 0.775. The minimum atomic E-state index is 0.561. The van der Waals surface area contributed by atoms with Gasteiger partial charge in [0.15, 0.2) is 0 Å². The summed E-state index contributed by atoms with van der Waals surface area (Å²) in [6.07, 6.45) is 1.98. The Morgan fingerprint density at radius 1 is 1.36 bits per heavy atom. The lowest BCUT2D eigenvalue weighted by Crippen LogP contribution is -1.97. The van der Waals surface area contributed by atoms with E-state index < -0.39 is 0 Å². The highest BCUT2D eigenvalue weighted by atomic mass is 16.5. The number of rotatable bonds is 3. The Morgan fingerprint density at radius 2 is 2.21 bits per heavy atom. The van der Waals surface area contributed by atoms with E-state index in [1.165, 1.54) is 10.9 Å². The molecule has 0 unspecified atom stereocenters. The van der Waals surface area contributed by atoms with E-state index in [4.69, 9.17) is 10.5 Å². The number of nitrogens with two attached hydrogens (primary N) is 1. The van der Waals surface area contributed by atoms with Crippen LogP contribution in [0.2, 0.25) is 0 Å². The number of hydrogen-bond donors (Lipinski definition) is 2. The van der Waals surface area contributed by atoms with E-state index in [1.54, 1.807) is 7.11 Å². The summed E-state index contributed by atoms with van der Waals surface area (Å²) in [4.78, 5) is 3.21. The predicted octanol–water partition coefficient (Wildman–Crippen LogP) is 1.77. The van der Waals surface area contributed by atoms with Crippen molar-refractivity contribution in [1.82, 2.24) is 4.98 Å². The van der Waals surface area contributed by atoms with E-state index in [-0.39, 0.29) is 0 Å². The molecular weight excluding hydrogens is 176 g/mol. The zero-order valence-electron chi connectivity index (χ0n) is 8.21. The van der Waals surface area contributed by atoms with Gasteiger partial charge in [0.2, 0.25) is 0 Å². The molecule has 0 saturated heterocycles. The van der Waals surface area contributed by atoms with E-state index in [9.17, 15) is 0 Å². The first-order valence-electron chi connectivity index (χ1n) is 4.63. The molecule has 0 aliphatic carbocycles. The Morgan fingerprint density at radius 3 is 2.93 bits per heavy atom. The molecular formula is C11H14N2O. The zero-order valence-corrected chi connectivity index (χ0v) is 8.21. The van der Waals surface area contributed by atoms with Crippen LogP contribution in [-0.2, 0) is 17.9 Å². The van der Waals surface area contributed by atoms with Gasteiger partial charge in [-0.2, -0.15) is 0 Å². The van der Waals surface area contributed by atoms with Crippen LogP contribution >= 0.6 is 0 Å². The molecule has 0 atom stereocenters. The van der Waals surface area contributed by atoms with Gasteiger partial charge in [-0.1, -0.05) is 12.1 Å². The first-order valence-corrected chi connectivity index (χ1v) is 4.63. The van der Waals surface area contributed by atoms with Crippen molar-refractivity contribution in [3.05, 3.63) is 35.5 Å². The van der Waals surface area contributed by atoms with Gasteiger partial charge in [0.25, 0.3) is 0 Å². The summed E-state index contributed by atoms with van der Waals surface area (Å²) in [7, 11) is 1.70. The fourth-order valence-corrected chi connectivity index (χ4v) is 1.78. The molecule has 3 nitrogen and oxygen atoms in total. The van der Waals surface area contributed by atoms with Crippen LogP contribution < -0.4 is 5.73 Å². The molecule has 0 spiro atoms. The fraction of sp³-hybridized carbons (Fsp3) is 0.273. The second kappa shape index (κ2) is 3.82. The van der Waals surface area contributed by atoms with Crippen LogP contribution in [0.25, 0.3) is 10.9 Å². The van der Waals surface area contributed by atoms with Gasteiger partial charge in [-0.3, -0.25) is 0 Å². The summed E-state index contributed by atoms with van der Waals surface area (Å²) in [6, 6.07) is 6.11. The standard InChI is InChI=1S/C11H14N2O/c1-14-7-9-6-13-10-4-2-3-8(5-12)11(9)10/h2-4,6,13H,5,7,12H2,1H3. The van der Waals surface area contributed by atoms with Gasteiger partial charge >= 0.3 is 0 Å². The average molecular weight is 190 g/mol. The first-order chi connectivity index (χ1) is 6.86. The van der Waals surface area contributed by atoms with Gasteiger partial charge in [0.1, 0.15) is 0 Å². The Hall–Kier alpha value is -1.32. The van der Waals surface area contributed by atoms with E-state index in [1.807, 2.05) is 18.3 Å². The van der Waals surface area contributed by atoms with E-state index >= 15 is 0 Å². The molecule has 0 fully saturated rings. The molecule has 0 amide bonds. The predicted molar refractivity (Wildman–Crippen MR) is 56.9 cm³/mol. The Bertz CT molecular complexity index is 434. The summed E-state index contributed by atoms with van der Waals surface area (Å²) in [6.45, 7) is 1.18. The van der Waals surface area contributed by atoms with Crippen LogP contribution in [-0.4, -0.2) is 12.1 Å². The second-order valence-electron chi connectivity index (χ2n) is 3.29. The van der Waals surface area contributed by atoms with Crippen molar-refractivity contribution in [2.45, 2.75) is 13.2 Å². The lowest BCUT2D eigenvalue weighted by molar-refractivity contribution is 0.186. The Labute approximate surface area is 82.9 Å². The molecule has 0 radical (unpaired) electrons. The second-order valence-corrected chi connectivity index (χ2v) is 3.29. The Balaban J connectivity index is 2.62. The third-order valence-electron chi connectivity index (χ3n) is 2.39. The summed E-state index contributed by atoms with van der Waals surface area (Å²) in [5.41, 5.74) is 9.14. The molecule has 74 valence electrons. The number of hydrogen-bond acceptors (Lipinski definition) is 2. The van der Waals surface area contributed by atoms with Crippen molar-refractivity contribution >= 4 is 10.9 Å². The largest absolute Gasteiger partial charge is 0.380 e. The molecule has 1 aromatic carbocycles. The van der Waals surface area contributed by atoms with Gasteiger partial charge in [0, 0.05) is 36.3 Å². The normalized spacial score (nSPS) is 11.0. The molecule has 0 bridgehead atoms. The maximum absolute atomic E-state index is 5.69. The number of ether oxygens (including phenoxy) is 1. The van der Waals surface area contributed by atoms with E-state index in [0.29, 0.717) is 13.2 Å². The summed E-state index contributed by atoms with van der Waals surface area (Å²) in [5, 5.41) is 1.21. The molecule has 2 aromatic rings. The molecule has 3 N–H and O–H groups in total. The van der Waals surface area contributed by atoms with E-state index in [0.717, 1.165) is 11.1 Å². The van der Waals surface area contributed by atoms with Crippen molar-refractivity contribution in [1.29, 1.82) is 0 Å². The smallest absolute Gasteiger partial charge is 0.0733 e.